The van der Waals surface area contributed by atoms with Crippen LogP contribution in [0.4, 0.5) is 5.69 Å². The second-order valence-electron chi connectivity index (χ2n) is 5.86. The van der Waals surface area contributed by atoms with E-state index in [1.165, 1.54) is 12.1 Å². The summed E-state index contributed by atoms with van der Waals surface area (Å²) < 4.78 is 39.0. The smallest absolute Gasteiger partial charge is 0.262 e. The molecule has 1 aliphatic heterocycles. The Morgan fingerprint density at radius 2 is 1.46 bits per heavy atom. The molecule has 0 saturated heterocycles. The van der Waals surface area contributed by atoms with Crippen LogP contribution in [0.25, 0.3) is 11.1 Å². The first-order valence-corrected chi connectivity index (χ1v) is 9.68. The highest BCUT2D eigenvalue weighted by atomic mass is 32.2. The van der Waals surface area contributed by atoms with Crippen molar-refractivity contribution < 1.29 is 17.9 Å². The van der Waals surface area contributed by atoms with Crippen LogP contribution in [0.15, 0.2) is 77.7 Å². The van der Waals surface area contributed by atoms with E-state index in [1.54, 1.807) is 12.1 Å². The molecule has 3 aromatic rings. The zero-order valence-electron chi connectivity index (χ0n) is 13.9. The largest absolute Gasteiger partial charge is 0.486 e. The number of hydrogen-bond acceptors (Lipinski definition) is 4. The molecule has 3 aromatic carbocycles. The Kier molecular flexibility index (Phi) is 4.26. The first kappa shape index (κ1) is 16.5. The van der Waals surface area contributed by atoms with E-state index in [4.69, 9.17) is 9.47 Å². The first-order chi connectivity index (χ1) is 12.6. The predicted molar refractivity (Wildman–Crippen MR) is 100 cm³/mol. The molecular formula is C20H17NO4S. The predicted octanol–water partition coefficient (Wildman–Crippen LogP) is 3.93. The average Bonchev–Trinajstić information content (AvgIpc) is 2.68. The van der Waals surface area contributed by atoms with Gasteiger partial charge in [0.1, 0.15) is 13.2 Å². The number of fused-ring (bicyclic) bond motifs is 1. The van der Waals surface area contributed by atoms with E-state index in [-0.39, 0.29) is 4.90 Å². The zero-order chi connectivity index (χ0) is 18.0. The number of sulfonamides is 1. The van der Waals surface area contributed by atoms with E-state index in [1.807, 2.05) is 48.5 Å². The summed E-state index contributed by atoms with van der Waals surface area (Å²) in [6.45, 7) is 0.868. The van der Waals surface area contributed by atoms with Crippen LogP contribution in [0.1, 0.15) is 0 Å². The lowest BCUT2D eigenvalue weighted by molar-refractivity contribution is 0.171. The van der Waals surface area contributed by atoms with Gasteiger partial charge in [-0.15, -0.1) is 0 Å². The minimum absolute atomic E-state index is 0.131. The van der Waals surface area contributed by atoms with Gasteiger partial charge in [-0.25, -0.2) is 8.42 Å². The van der Waals surface area contributed by atoms with Gasteiger partial charge in [0, 0.05) is 11.8 Å². The third kappa shape index (κ3) is 3.36. The highest BCUT2D eigenvalue weighted by molar-refractivity contribution is 7.92. The Hall–Kier alpha value is -2.99. The van der Waals surface area contributed by atoms with Gasteiger partial charge in [0.25, 0.3) is 10.0 Å². The van der Waals surface area contributed by atoms with Crippen LogP contribution in [0.5, 0.6) is 11.5 Å². The van der Waals surface area contributed by atoms with E-state index in [2.05, 4.69) is 4.72 Å². The van der Waals surface area contributed by atoms with Gasteiger partial charge in [0.2, 0.25) is 0 Å². The van der Waals surface area contributed by atoms with Gasteiger partial charge in [0.05, 0.1) is 4.90 Å². The SMILES string of the molecule is O=S(=O)(Nc1cccc(-c2ccccc2)c1)c1ccc2c(c1)OCCO2. The Morgan fingerprint density at radius 1 is 0.731 bits per heavy atom. The summed E-state index contributed by atoms with van der Waals surface area (Å²) in [5.74, 6) is 0.999. The van der Waals surface area contributed by atoms with Crippen molar-refractivity contribution in [1.29, 1.82) is 0 Å². The molecule has 0 radical (unpaired) electrons. The van der Waals surface area contributed by atoms with Gasteiger partial charge >= 0.3 is 0 Å². The number of nitrogens with one attached hydrogen (secondary N) is 1. The van der Waals surface area contributed by atoms with E-state index in [9.17, 15) is 8.42 Å². The van der Waals surface area contributed by atoms with Crippen molar-refractivity contribution in [2.45, 2.75) is 4.90 Å². The van der Waals surface area contributed by atoms with Crippen molar-refractivity contribution >= 4 is 15.7 Å². The van der Waals surface area contributed by atoms with Gasteiger partial charge < -0.3 is 9.47 Å². The molecule has 0 unspecified atom stereocenters. The summed E-state index contributed by atoms with van der Waals surface area (Å²) in [5.41, 5.74) is 2.46. The Morgan fingerprint density at radius 3 is 2.27 bits per heavy atom. The lowest BCUT2D eigenvalue weighted by Crippen LogP contribution is -2.17. The summed E-state index contributed by atoms with van der Waals surface area (Å²) in [5, 5.41) is 0. The van der Waals surface area contributed by atoms with Gasteiger partial charge in [0.15, 0.2) is 11.5 Å². The molecule has 132 valence electrons. The lowest BCUT2D eigenvalue weighted by Gasteiger charge is -2.19. The summed E-state index contributed by atoms with van der Waals surface area (Å²) >= 11 is 0. The average molecular weight is 367 g/mol. The van der Waals surface area contributed by atoms with Crippen molar-refractivity contribution in [3.63, 3.8) is 0 Å². The van der Waals surface area contributed by atoms with Crippen LogP contribution in [0, 0.1) is 0 Å². The Balaban J connectivity index is 1.62. The zero-order valence-corrected chi connectivity index (χ0v) is 14.7. The van der Waals surface area contributed by atoms with E-state index in [0.717, 1.165) is 11.1 Å². The van der Waals surface area contributed by atoms with E-state index < -0.39 is 10.0 Å². The number of rotatable bonds is 4. The molecule has 0 saturated carbocycles. The van der Waals surface area contributed by atoms with Crippen LogP contribution < -0.4 is 14.2 Å². The fraction of sp³-hybridized carbons (Fsp3) is 0.100. The number of anilines is 1. The van der Waals surface area contributed by atoms with Crippen LogP contribution in [-0.2, 0) is 10.0 Å². The lowest BCUT2D eigenvalue weighted by atomic mass is 10.1. The second-order valence-corrected chi connectivity index (χ2v) is 7.54. The molecule has 0 amide bonds. The van der Waals surface area contributed by atoms with Crippen LogP contribution in [0.2, 0.25) is 0 Å². The van der Waals surface area contributed by atoms with Crippen molar-refractivity contribution in [3.05, 3.63) is 72.8 Å². The molecule has 0 spiro atoms. The standard InChI is InChI=1S/C20H17NO4S/c22-26(23,18-9-10-19-20(14-18)25-12-11-24-19)21-17-8-4-7-16(13-17)15-5-2-1-3-6-15/h1-10,13-14,21H,11-12H2. The molecule has 0 aliphatic carbocycles. The molecule has 1 heterocycles. The molecule has 5 nitrogen and oxygen atoms in total. The van der Waals surface area contributed by atoms with Gasteiger partial charge in [-0.1, -0.05) is 42.5 Å². The number of ether oxygens (including phenoxy) is 2. The molecule has 0 bridgehead atoms. The summed E-state index contributed by atoms with van der Waals surface area (Å²) in [4.78, 5) is 0.131. The third-order valence-corrected chi connectivity index (χ3v) is 5.42. The maximum absolute atomic E-state index is 12.7. The fourth-order valence-corrected chi connectivity index (χ4v) is 3.86. The minimum Gasteiger partial charge on any atom is -0.486 e. The normalized spacial score (nSPS) is 13.2. The molecular weight excluding hydrogens is 350 g/mol. The van der Waals surface area contributed by atoms with Crippen LogP contribution in [0.3, 0.4) is 0 Å². The minimum atomic E-state index is -3.73. The molecule has 1 aliphatic rings. The first-order valence-electron chi connectivity index (χ1n) is 8.20. The molecule has 6 heteroatoms. The van der Waals surface area contributed by atoms with Crippen LogP contribution in [-0.4, -0.2) is 21.6 Å². The van der Waals surface area contributed by atoms with Crippen molar-refractivity contribution in [2.24, 2.45) is 0 Å². The fourth-order valence-electron chi connectivity index (χ4n) is 2.80. The summed E-state index contributed by atoms with van der Waals surface area (Å²) in [7, 11) is -3.73. The monoisotopic (exact) mass is 367 g/mol. The van der Waals surface area contributed by atoms with Crippen LogP contribution >= 0.6 is 0 Å². The number of benzene rings is 3. The molecule has 4 rings (SSSR count). The van der Waals surface area contributed by atoms with E-state index in [0.29, 0.717) is 30.4 Å². The van der Waals surface area contributed by atoms with E-state index >= 15 is 0 Å². The third-order valence-electron chi connectivity index (χ3n) is 4.05. The Labute approximate surface area is 152 Å². The Bertz CT molecular complexity index is 1030. The van der Waals surface area contributed by atoms with Gasteiger partial charge in [-0.05, 0) is 35.4 Å². The molecule has 0 atom stereocenters. The second kappa shape index (κ2) is 6.72. The highest BCUT2D eigenvalue weighted by Gasteiger charge is 2.19. The maximum atomic E-state index is 12.7. The van der Waals surface area contributed by atoms with Gasteiger partial charge in [-0.2, -0.15) is 0 Å². The number of hydrogen-bond donors (Lipinski definition) is 1. The van der Waals surface area contributed by atoms with Crippen molar-refractivity contribution in [1.82, 2.24) is 0 Å². The highest BCUT2D eigenvalue weighted by Crippen LogP contribution is 2.33. The van der Waals surface area contributed by atoms with Crippen molar-refractivity contribution in [2.75, 3.05) is 17.9 Å². The molecule has 26 heavy (non-hydrogen) atoms. The van der Waals surface area contributed by atoms with Gasteiger partial charge in [-0.3, -0.25) is 4.72 Å². The van der Waals surface area contributed by atoms with Crippen molar-refractivity contribution in [3.8, 4) is 22.6 Å². The quantitative estimate of drug-likeness (QED) is 0.759. The summed E-state index contributed by atoms with van der Waals surface area (Å²) in [6.07, 6.45) is 0. The molecule has 0 fully saturated rings. The maximum Gasteiger partial charge on any atom is 0.262 e. The molecule has 1 N–H and O–H groups in total. The molecule has 0 aromatic heterocycles. The topological polar surface area (TPSA) is 64.6 Å². The summed E-state index contributed by atoms with van der Waals surface area (Å²) in [6, 6.07) is 21.7.